The topological polar surface area (TPSA) is 41.1 Å². The third kappa shape index (κ3) is 5.13. The first-order chi connectivity index (χ1) is 10.0. The van der Waals surface area contributed by atoms with Crippen LogP contribution in [0.2, 0.25) is 0 Å². The normalized spacial score (nSPS) is 12.0. The Balaban J connectivity index is 1.98. The van der Waals surface area contributed by atoms with Crippen LogP contribution in [0, 0.1) is 3.57 Å². The van der Waals surface area contributed by atoms with Gasteiger partial charge in [-0.25, -0.2) is 0 Å². The van der Waals surface area contributed by atoms with E-state index >= 15 is 0 Å². The summed E-state index contributed by atoms with van der Waals surface area (Å²) in [6, 6.07) is 16.6. The van der Waals surface area contributed by atoms with Crippen LogP contribution in [-0.2, 0) is 11.3 Å². The summed E-state index contributed by atoms with van der Waals surface area (Å²) in [5, 5.41) is 6.31. The molecular weight excluding hydrogens is 375 g/mol. The molecule has 1 amide bonds. The summed E-state index contributed by atoms with van der Waals surface area (Å²) in [4.78, 5) is 11.1. The van der Waals surface area contributed by atoms with Gasteiger partial charge in [0.2, 0.25) is 5.91 Å². The molecule has 0 heterocycles. The number of hydrogen-bond donors (Lipinski definition) is 2. The number of hydrogen-bond acceptors (Lipinski definition) is 2. The smallest absolute Gasteiger partial charge is 0.221 e. The fraction of sp³-hybridized carbons (Fsp3) is 0.235. The number of benzene rings is 2. The van der Waals surface area contributed by atoms with Gasteiger partial charge in [0.1, 0.15) is 0 Å². The maximum absolute atomic E-state index is 11.1. The van der Waals surface area contributed by atoms with E-state index in [1.807, 2.05) is 18.2 Å². The van der Waals surface area contributed by atoms with Crippen molar-refractivity contribution in [1.82, 2.24) is 5.32 Å². The Morgan fingerprint density at radius 1 is 1.19 bits per heavy atom. The Morgan fingerprint density at radius 2 is 1.90 bits per heavy atom. The van der Waals surface area contributed by atoms with Gasteiger partial charge in [0.25, 0.3) is 0 Å². The minimum absolute atomic E-state index is 0.0494. The Labute approximate surface area is 139 Å². The molecule has 0 saturated carbocycles. The van der Waals surface area contributed by atoms with Crippen LogP contribution in [0.15, 0.2) is 48.5 Å². The predicted molar refractivity (Wildman–Crippen MR) is 95.2 cm³/mol. The van der Waals surface area contributed by atoms with E-state index < -0.39 is 0 Å². The maximum atomic E-state index is 11.1. The second-order valence-electron chi connectivity index (χ2n) is 5.04. The predicted octanol–water partition coefficient (Wildman–Crippen LogP) is 4.10. The molecule has 2 aromatic carbocycles. The van der Waals surface area contributed by atoms with Crippen molar-refractivity contribution >= 4 is 34.2 Å². The van der Waals surface area contributed by atoms with Crippen molar-refractivity contribution < 1.29 is 4.79 Å². The average molecular weight is 394 g/mol. The Morgan fingerprint density at radius 3 is 2.57 bits per heavy atom. The fourth-order valence-electron chi connectivity index (χ4n) is 2.08. The van der Waals surface area contributed by atoms with Gasteiger partial charge in [0.15, 0.2) is 0 Å². The number of carbonyl (C=O) groups excluding carboxylic acids is 1. The zero-order chi connectivity index (χ0) is 15.2. The molecule has 4 heteroatoms. The van der Waals surface area contributed by atoms with Crippen LogP contribution >= 0.6 is 22.6 Å². The van der Waals surface area contributed by atoms with E-state index in [-0.39, 0.29) is 11.9 Å². The highest BCUT2D eigenvalue weighted by Crippen LogP contribution is 2.18. The van der Waals surface area contributed by atoms with Crippen molar-refractivity contribution in [2.45, 2.75) is 26.4 Å². The lowest BCUT2D eigenvalue weighted by Gasteiger charge is -2.15. The van der Waals surface area contributed by atoms with Crippen molar-refractivity contribution in [3.63, 3.8) is 0 Å². The monoisotopic (exact) mass is 394 g/mol. The molecule has 0 saturated heterocycles. The molecule has 21 heavy (non-hydrogen) atoms. The molecule has 0 fully saturated rings. The van der Waals surface area contributed by atoms with Gasteiger partial charge in [-0.3, -0.25) is 4.79 Å². The molecule has 0 aliphatic heterocycles. The second kappa shape index (κ2) is 7.56. The van der Waals surface area contributed by atoms with Gasteiger partial charge in [0.05, 0.1) is 0 Å². The Bertz CT molecular complexity index is 610. The van der Waals surface area contributed by atoms with Crippen LogP contribution in [0.3, 0.4) is 0 Å². The average Bonchev–Trinajstić information content (AvgIpc) is 2.46. The minimum Gasteiger partial charge on any atom is -0.326 e. The molecule has 2 N–H and O–H groups in total. The summed E-state index contributed by atoms with van der Waals surface area (Å²) >= 11 is 2.31. The van der Waals surface area contributed by atoms with E-state index in [1.54, 1.807) is 0 Å². The van der Waals surface area contributed by atoms with Crippen molar-refractivity contribution in [3.8, 4) is 0 Å². The number of anilines is 1. The Kier molecular flexibility index (Phi) is 5.76. The standard InChI is InChI=1S/C17H19IN2O/c1-12(19-11-14-6-8-16(18)9-7-14)15-4-3-5-17(10-15)20-13(2)21/h3-10,12,19H,11H2,1-2H3,(H,20,21). The molecule has 0 aliphatic rings. The molecule has 110 valence electrons. The highest BCUT2D eigenvalue weighted by Gasteiger charge is 2.06. The lowest BCUT2D eigenvalue weighted by molar-refractivity contribution is -0.114. The number of nitrogens with one attached hydrogen (secondary N) is 2. The van der Waals surface area contributed by atoms with Crippen LogP contribution in [0.4, 0.5) is 5.69 Å². The summed E-state index contributed by atoms with van der Waals surface area (Å²) in [6.45, 7) is 4.47. The summed E-state index contributed by atoms with van der Waals surface area (Å²) < 4.78 is 1.24. The van der Waals surface area contributed by atoms with Crippen LogP contribution in [0.25, 0.3) is 0 Å². The maximum Gasteiger partial charge on any atom is 0.221 e. The zero-order valence-corrected chi connectivity index (χ0v) is 14.3. The molecule has 2 rings (SSSR count). The van der Waals surface area contributed by atoms with Gasteiger partial charge in [-0.15, -0.1) is 0 Å². The molecule has 3 nitrogen and oxygen atoms in total. The molecule has 0 spiro atoms. The quantitative estimate of drug-likeness (QED) is 0.750. The van der Waals surface area contributed by atoms with Gasteiger partial charge >= 0.3 is 0 Å². The van der Waals surface area contributed by atoms with Crippen LogP contribution in [0.1, 0.15) is 31.0 Å². The van der Waals surface area contributed by atoms with Gasteiger partial charge in [-0.1, -0.05) is 24.3 Å². The van der Waals surface area contributed by atoms with E-state index in [2.05, 4.69) is 70.5 Å². The van der Waals surface area contributed by atoms with Gasteiger partial charge < -0.3 is 10.6 Å². The third-order valence-corrected chi connectivity index (χ3v) is 3.95. The van der Waals surface area contributed by atoms with Crippen molar-refractivity contribution in [1.29, 1.82) is 0 Å². The lowest BCUT2D eigenvalue weighted by Crippen LogP contribution is -2.18. The summed E-state index contributed by atoms with van der Waals surface area (Å²) in [6.07, 6.45) is 0. The molecule has 2 aromatic rings. The highest BCUT2D eigenvalue weighted by molar-refractivity contribution is 14.1. The number of rotatable bonds is 5. The summed E-state index contributed by atoms with van der Waals surface area (Å²) in [5.74, 6) is -0.0494. The molecule has 0 aromatic heterocycles. The summed E-state index contributed by atoms with van der Waals surface area (Å²) in [7, 11) is 0. The minimum atomic E-state index is -0.0494. The first kappa shape index (κ1) is 16.0. The van der Waals surface area contributed by atoms with E-state index in [4.69, 9.17) is 0 Å². The Hall–Kier alpha value is -1.40. The largest absolute Gasteiger partial charge is 0.326 e. The molecule has 0 bridgehead atoms. The molecule has 0 radical (unpaired) electrons. The van der Waals surface area contributed by atoms with E-state index in [1.165, 1.54) is 16.1 Å². The molecule has 1 unspecified atom stereocenters. The summed E-state index contributed by atoms with van der Waals surface area (Å²) in [5.41, 5.74) is 3.26. The lowest BCUT2D eigenvalue weighted by atomic mass is 10.1. The first-order valence-electron chi connectivity index (χ1n) is 6.90. The van der Waals surface area contributed by atoms with Crippen LogP contribution in [0.5, 0.6) is 0 Å². The van der Waals surface area contributed by atoms with Crippen molar-refractivity contribution in [3.05, 3.63) is 63.2 Å². The second-order valence-corrected chi connectivity index (χ2v) is 6.28. The SMILES string of the molecule is CC(=O)Nc1cccc(C(C)NCc2ccc(I)cc2)c1. The van der Waals surface area contributed by atoms with Crippen molar-refractivity contribution in [2.24, 2.45) is 0 Å². The van der Waals surface area contributed by atoms with E-state index in [0.717, 1.165) is 17.8 Å². The molecule has 0 aliphatic carbocycles. The van der Waals surface area contributed by atoms with Gasteiger partial charge in [0, 0.05) is 28.8 Å². The van der Waals surface area contributed by atoms with E-state index in [9.17, 15) is 4.79 Å². The first-order valence-corrected chi connectivity index (χ1v) is 7.98. The zero-order valence-electron chi connectivity index (χ0n) is 12.2. The number of carbonyl (C=O) groups is 1. The van der Waals surface area contributed by atoms with Gasteiger partial charge in [-0.2, -0.15) is 0 Å². The third-order valence-electron chi connectivity index (χ3n) is 3.23. The van der Waals surface area contributed by atoms with Crippen LogP contribution in [-0.4, -0.2) is 5.91 Å². The van der Waals surface area contributed by atoms with Gasteiger partial charge in [-0.05, 0) is 64.9 Å². The number of halogens is 1. The molecule has 1 atom stereocenters. The molecular formula is C17H19IN2O. The highest BCUT2D eigenvalue weighted by atomic mass is 127. The van der Waals surface area contributed by atoms with Crippen LogP contribution < -0.4 is 10.6 Å². The van der Waals surface area contributed by atoms with E-state index in [0.29, 0.717) is 0 Å². The fourth-order valence-corrected chi connectivity index (χ4v) is 2.44. The van der Waals surface area contributed by atoms with Crippen molar-refractivity contribution in [2.75, 3.05) is 5.32 Å². The number of amides is 1.